The zero-order valence-corrected chi connectivity index (χ0v) is 9.11. The van der Waals surface area contributed by atoms with Crippen LogP contribution in [0.25, 0.3) is 0 Å². The largest absolute Gasteiger partial charge is 0.336 e. The van der Waals surface area contributed by atoms with Gasteiger partial charge in [0.05, 0.1) is 6.33 Å². The Morgan fingerprint density at radius 1 is 1.43 bits per heavy atom. The fraction of sp³-hybridized carbons (Fsp3) is 0.700. The Kier molecular flexibility index (Phi) is 5.25. The molecule has 0 bridgehead atoms. The van der Waals surface area contributed by atoms with Crippen LogP contribution in [0.4, 0.5) is 0 Å². The molecule has 14 heavy (non-hydrogen) atoms. The summed E-state index contributed by atoms with van der Waals surface area (Å²) in [6.45, 7) is 4.35. The maximum absolute atomic E-state index is 4.01. The van der Waals surface area contributed by atoms with E-state index in [0.717, 1.165) is 26.2 Å². The van der Waals surface area contributed by atoms with Gasteiger partial charge in [-0.05, 0) is 33.6 Å². The lowest BCUT2D eigenvalue weighted by molar-refractivity contribution is 0.313. The first kappa shape index (κ1) is 11.2. The summed E-state index contributed by atoms with van der Waals surface area (Å²) in [4.78, 5) is 6.35. The van der Waals surface area contributed by atoms with Gasteiger partial charge in [0, 0.05) is 25.5 Å². The summed E-state index contributed by atoms with van der Waals surface area (Å²) in [5.74, 6) is 0. The molecule has 0 atom stereocenters. The van der Waals surface area contributed by atoms with Crippen molar-refractivity contribution in [1.82, 2.24) is 19.8 Å². The van der Waals surface area contributed by atoms with Crippen LogP contribution in [0.1, 0.15) is 6.42 Å². The monoisotopic (exact) mass is 196 g/mol. The molecule has 0 saturated heterocycles. The SMILES string of the molecule is CNCCCN(C)CCn1ccnc1. The highest BCUT2D eigenvalue weighted by molar-refractivity contribution is 4.74. The molecule has 1 aromatic rings. The van der Waals surface area contributed by atoms with E-state index in [1.165, 1.54) is 6.42 Å². The number of aromatic nitrogens is 2. The van der Waals surface area contributed by atoms with E-state index in [1.807, 2.05) is 25.8 Å². The van der Waals surface area contributed by atoms with Crippen molar-refractivity contribution < 1.29 is 0 Å². The first-order chi connectivity index (χ1) is 6.83. The van der Waals surface area contributed by atoms with Crippen LogP contribution in [0.5, 0.6) is 0 Å². The molecule has 1 rings (SSSR count). The van der Waals surface area contributed by atoms with E-state index in [9.17, 15) is 0 Å². The molecule has 0 unspecified atom stereocenters. The standard InChI is InChI=1S/C10H20N4/c1-11-4-3-6-13(2)8-9-14-7-5-12-10-14/h5,7,10-11H,3-4,6,8-9H2,1-2H3. The maximum atomic E-state index is 4.01. The summed E-state index contributed by atoms with van der Waals surface area (Å²) in [6.07, 6.45) is 6.89. The van der Waals surface area contributed by atoms with Gasteiger partial charge in [-0.2, -0.15) is 0 Å². The summed E-state index contributed by atoms with van der Waals surface area (Å²) in [5, 5.41) is 3.15. The number of likely N-dealkylation sites (N-methyl/N-ethyl adjacent to an activating group) is 1. The molecule has 4 nitrogen and oxygen atoms in total. The second kappa shape index (κ2) is 6.56. The van der Waals surface area contributed by atoms with Crippen LogP contribution < -0.4 is 5.32 Å². The molecule has 0 aliphatic rings. The average Bonchev–Trinajstić information content (AvgIpc) is 2.68. The minimum absolute atomic E-state index is 1.02. The lowest BCUT2D eigenvalue weighted by Crippen LogP contribution is -2.26. The van der Waals surface area contributed by atoms with Gasteiger partial charge in [-0.3, -0.25) is 0 Å². The van der Waals surface area contributed by atoms with Gasteiger partial charge >= 0.3 is 0 Å². The first-order valence-corrected chi connectivity index (χ1v) is 5.12. The third-order valence-corrected chi connectivity index (χ3v) is 2.27. The number of hydrogen-bond donors (Lipinski definition) is 1. The Labute approximate surface area is 85.9 Å². The van der Waals surface area contributed by atoms with Gasteiger partial charge in [-0.1, -0.05) is 0 Å². The molecular formula is C10H20N4. The molecule has 1 aromatic heterocycles. The van der Waals surface area contributed by atoms with Crippen molar-refractivity contribution in [2.45, 2.75) is 13.0 Å². The average molecular weight is 196 g/mol. The zero-order valence-electron chi connectivity index (χ0n) is 9.11. The van der Waals surface area contributed by atoms with Crippen molar-refractivity contribution in [3.05, 3.63) is 18.7 Å². The van der Waals surface area contributed by atoms with Crippen molar-refractivity contribution in [2.75, 3.05) is 33.7 Å². The van der Waals surface area contributed by atoms with Crippen LogP contribution in [0.15, 0.2) is 18.7 Å². The molecule has 0 aliphatic heterocycles. The molecule has 0 radical (unpaired) electrons. The quantitative estimate of drug-likeness (QED) is 0.642. The molecule has 0 amide bonds. The van der Waals surface area contributed by atoms with E-state index in [1.54, 1.807) is 0 Å². The third-order valence-electron chi connectivity index (χ3n) is 2.27. The van der Waals surface area contributed by atoms with E-state index < -0.39 is 0 Å². The van der Waals surface area contributed by atoms with Crippen molar-refractivity contribution in [3.8, 4) is 0 Å². The highest BCUT2D eigenvalue weighted by Crippen LogP contribution is 1.90. The first-order valence-electron chi connectivity index (χ1n) is 5.12. The molecule has 0 fully saturated rings. The summed E-state index contributed by atoms with van der Waals surface area (Å²) in [6, 6.07) is 0. The molecule has 0 aliphatic carbocycles. The van der Waals surface area contributed by atoms with Gasteiger partial charge in [0.2, 0.25) is 0 Å². The minimum Gasteiger partial charge on any atom is -0.336 e. The summed E-state index contributed by atoms with van der Waals surface area (Å²) in [7, 11) is 4.15. The van der Waals surface area contributed by atoms with Crippen molar-refractivity contribution in [2.24, 2.45) is 0 Å². The van der Waals surface area contributed by atoms with Crippen LogP contribution in [0.3, 0.4) is 0 Å². The van der Waals surface area contributed by atoms with Gasteiger partial charge < -0.3 is 14.8 Å². The Hall–Kier alpha value is -0.870. The van der Waals surface area contributed by atoms with Gasteiger partial charge in [0.15, 0.2) is 0 Å². The fourth-order valence-corrected chi connectivity index (χ4v) is 1.34. The Morgan fingerprint density at radius 2 is 2.29 bits per heavy atom. The van der Waals surface area contributed by atoms with Crippen molar-refractivity contribution in [3.63, 3.8) is 0 Å². The second-order valence-electron chi connectivity index (χ2n) is 3.56. The number of nitrogens with zero attached hydrogens (tertiary/aromatic N) is 3. The predicted molar refractivity (Wildman–Crippen MR) is 58.3 cm³/mol. The molecule has 0 spiro atoms. The lowest BCUT2D eigenvalue weighted by Gasteiger charge is -2.16. The summed E-state index contributed by atoms with van der Waals surface area (Å²) in [5.41, 5.74) is 0. The molecule has 0 aromatic carbocycles. The maximum Gasteiger partial charge on any atom is 0.0946 e. The molecule has 4 heteroatoms. The van der Waals surface area contributed by atoms with Gasteiger partial charge in [-0.15, -0.1) is 0 Å². The molecule has 1 N–H and O–H groups in total. The van der Waals surface area contributed by atoms with Crippen molar-refractivity contribution in [1.29, 1.82) is 0 Å². The van der Waals surface area contributed by atoms with Gasteiger partial charge in [0.1, 0.15) is 0 Å². The zero-order chi connectivity index (χ0) is 10.2. The summed E-state index contributed by atoms with van der Waals surface area (Å²) < 4.78 is 2.11. The molecule has 1 heterocycles. The summed E-state index contributed by atoms with van der Waals surface area (Å²) >= 11 is 0. The highest BCUT2D eigenvalue weighted by Gasteiger charge is 1.97. The number of imidazole rings is 1. The van der Waals surface area contributed by atoms with E-state index in [0.29, 0.717) is 0 Å². The highest BCUT2D eigenvalue weighted by atomic mass is 15.1. The second-order valence-corrected chi connectivity index (χ2v) is 3.56. The van der Waals surface area contributed by atoms with Crippen LogP contribution in [0, 0.1) is 0 Å². The van der Waals surface area contributed by atoms with Crippen molar-refractivity contribution >= 4 is 0 Å². The van der Waals surface area contributed by atoms with E-state index in [-0.39, 0.29) is 0 Å². The smallest absolute Gasteiger partial charge is 0.0946 e. The van der Waals surface area contributed by atoms with E-state index in [4.69, 9.17) is 0 Å². The van der Waals surface area contributed by atoms with E-state index >= 15 is 0 Å². The Bertz CT molecular complexity index is 220. The fourth-order valence-electron chi connectivity index (χ4n) is 1.34. The van der Waals surface area contributed by atoms with Crippen LogP contribution >= 0.6 is 0 Å². The molecule has 80 valence electrons. The van der Waals surface area contributed by atoms with Gasteiger partial charge in [0.25, 0.3) is 0 Å². The minimum atomic E-state index is 1.02. The molecule has 0 saturated carbocycles. The Morgan fingerprint density at radius 3 is 2.93 bits per heavy atom. The lowest BCUT2D eigenvalue weighted by atomic mass is 10.4. The van der Waals surface area contributed by atoms with Gasteiger partial charge in [-0.25, -0.2) is 4.98 Å². The van der Waals surface area contributed by atoms with E-state index in [2.05, 4.69) is 26.8 Å². The van der Waals surface area contributed by atoms with Crippen LogP contribution in [0.2, 0.25) is 0 Å². The topological polar surface area (TPSA) is 33.1 Å². The number of rotatable bonds is 7. The van der Waals surface area contributed by atoms with Crippen LogP contribution in [-0.2, 0) is 6.54 Å². The number of nitrogens with one attached hydrogen (secondary N) is 1. The third kappa shape index (κ3) is 4.39. The Balaban J connectivity index is 2.06. The predicted octanol–water partition coefficient (Wildman–Crippen LogP) is 0.424. The normalized spacial score (nSPS) is 11.1. The number of hydrogen-bond acceptors (Lipinski definition) is 3. The molecular weight excluding hydrogens is 176 g/mol. The van der Waals surface area contributed by atoms with Crippen LogP contribution in [-0.4, -0.2) is 48.2 Å².